The van der Waals surface area contributed by atoms with Crippen molar-refractivity contribution in [1.82, 2.24) is 14.9 Å². The van der Waals surface area contributed by atoms with Crippen LogP contribution in [-0.4, -0.2) is 68.0 Å². The van der Waals surface area contributed by atoms with Crippen LogP contribution in [0.5, 0.6) is 0 Å². The molecule has 1 fully saturated rings. The van der Waals surface area contributed by atoms with Gasteiger partial charge in [-0.2, -0.15) is 0 Å². The van der Waals surface area contributed by atoms with Crippen molar-refractivity contribution in [2.24, 2.45) is 0 Å². The molecule has 0 unspecified atom stereocenters. The molecule has 0 spiro atoms. The second-order valence-corrected chi connectivity index (χ2v) is 11.9. The van der Waals surface area contributed by atoms with E-state index in [-0.39, 0.29) is 30.7 Å². The van der Waals surface area contributed by atoms with Crippen LogP contribution in [0.4, 0.5) is 17.2 Å². The number of sulfonamides is 1. The molecule has 12 heteroatoms. The number of nitrogens with zero attached hydrogens (tertiary/aromatic N) is 5. The van der Waals surface area contributed by atoms with E-state index in [9.17, 15) is 13.2 Å². The molecule has 38 heavy (non-hydrogen) atoms. The number of rotatable bonds is 6. The van der Waals surface area contributed by atoms with Crippen molar-refractivity contribution in [2.45, 2.75) is 30.7 Å². The number of benzene rings is 2. The fourth-order valence-corrected chi connectivity index (χ4v) is 6.33. The van der Waals surface area contributed by atoms with Crippen LogP contribution in [0.25, 0.3) is 0 Å². The smallest absolute Gasteiger partial charge is 0.263 e. The number of aryl methyl sites for hydroxylation is 1. The number of fused-ring (bicyclic) bond motifs is 1. The van der Waals surface area contributed by atoms with Gasteiger partial charge in [-0.3, -0.25) is 14.5 Å². The molecule has 3 heterocycles. The minimum Gasteiger partial charge on any atom is -0.368 e. The van der Waals surface area contributed by atoms with Gasteiger partial charge in [0.05, 0.1) is 17.3 Å². The molecule has 0 radical (unpaired) electrons. The van der Waals surface area contributed by atoms with Gasteiger partial charge in [0.25, 0.3) is 10.0 Å². The Morgan fingerprint density at radius 1 is 1.03 bits per heavy atom. The van der Waals surface area contributed by atoms with Crippen LogP contribution in [0.2, 0.25) is 10.2 Å². The summed E-state index contributed by atoms with van der Waals surface area (Å²) in [6.45, 7) is 5.33. The molecule has 0 bridgehead atoms. The Bertz CT molecular complexity index is 1440. The molecule has 5 rings (SSSR count). The molecule has 1 aromatic heterocycles. The second kappa shape index (κ2) is 11.0. The molecule has 9 nitrogen and oxygen atoms in total. The van der Waals surface area contributed by atoms with Gasteiger partial charge >= 0.3 is 0 Å². The molecule has 2 aliphatic heterocycles. The van der Waals surface area contributed by atoms with E-state index in [1.54, 1.807) is 24.3 Å². The molecular weight excluding hydrogens is 547 g/mol. The maximum atomic E-state index is 13.4. The van der Waals surface area contributed by atoms with Crippen molar-refractivity contribution in [2.75, 3.05) is 47.2 Å². The summed E-state index contributed by atoms with van der Waals surface area (Å²) in [5, 5.41) is 0.816. The van der Waals surface area contributed by atoms with Gasteiger partial charge in [0.15, 0.2) is 5.82 Å². The Morgan fingerprint density at radius 3 is 2.47 bits per heavy atom. The number of hydrogen-bond acceptors (Lipinski definition) is 7. The predicted octanol–water partition coefficient (Wildman–Crippen LogP) is 4.57. The quantitative estimate of drug-likeness (QED) is 0.457. The van der Waals surface area contributed by atoms with Gasteiger partial charge in [-0.05, 0) is 67.8 Å². The molecule has 0 aliphatic carbocycles. The number of carbonyl (C=O) groups is 1. The van der Waals surface area contributed by atoms with Crippen LogP contribution in [-0.2, 0) is 21.2 Å². The van der Waals surface area contributed by atoms with Gasteiger partial charge in [-0.15, -0.1) is 0 Å². The van der Waals surface area contributed by atoms with Gasteiger partial charge in [0.1, 0.15) is 11.2 Å². The normalized spacial score (nSPS) is 16.7. The van der Waals surface area contributed by atoms with Crippen molar-refractivity contribution >= 4 is 56.3 Å². The summed E-state index contributed by atoms with van der Waals surface area (Å²) in [6, 6.07) is 12.3. The van der Waals surface area contributed by atoms with Crippen molar-refractivity contribution in [1.29, 1.82) is 0 Å². The summed E-state index contributed by atoms with van der Waals surface area (Å²) in [5.41, 5.74) is 3.18. The lowest BCUT2D eigenvalue weighted by Gasteiger charge is -2.41. The third-order valence-corrected chi connectivity index (χ3v) is 8.76. The molecule has 1 saturated heterocycles. The molecule has 2 aliphatic rings. The molecule has 3 aromatic rings. The number of halogens is 2. The van der Waals surface area contributed by atoms with Crippen molar-refractivity contribution < 1.29 is 16.1 Å². The predicted molar refractivity (Wildman–Crippen MR) is 154 cm³/mol. The Hall–Kier alpha value is -3.08. The number of hydrogen-bond donors (Lipinski definition) is 1. The highest BCUT2D eigenvalue weighted by Gasteiger charge is 2.31. The summed E-state index contributed by atoms with van der Waals surface area (Å²) in [5.74, 6) is 0.164. The van der Waals surface area contributed by atoms with Gasteiger partial charge in [-0.1, -0.05) is 23.2 Å². The lowest BCUT2D eigenvalue weighted by atomic mass is 10.00. The number of nitrogens with one attached hydrogen (secondary N) is 1. The molecular formula is C26H32Cl2N6O3S. The Balaban J connectivity index is 0.00000220. The van der Waals surface area contributed by atoms with Gasteiger partial charge in [0, 0.05) is 52.0 Å². The van der Waals surface area contributed by atoms with Crippen LogP contribution < -0.4 is 14.5 Å². The third-order valence-electron chi connectivity index (χ3n) is 6.97. The average molecular weight is 580 g/mol. The van der Waals surface area contributed by atoms with E-state index in [4.69, 9.17) is 23.2 Å². The lowest BCUT2D eigenvalue weighted by molar-refractivity contribution is -0.132. The topological polar surface area (TPSA) is 98.7 Å². The van der Waals surface area contributed by atoms with Crippen LogP contribution in [0.1, 0.15) is 21.8 Å². The van der Waals surface area contributed by atoms with Crippen LogP contribution >= 0.6 is 23.2 Å². The van der Waals surface area contributed by atoms with Crippen molar-refractivity contribution in [3.63, 3.8) is 0 Å². The molecule has 1 amide bonds. The van der Waals surface area contributed by atoms with Gasteiger partial charge < -0.3 is 14.7 Å². The highest BCUT2D eigenvalue weighted by Crippen LogP contribution is 2.31. The summed E-state index contributed by atoms with van der Waals surface area (Å²) in [7, 11) is -3.84. The lowest BCUT2D eigenvalue weighted by Crippen LogP contribution is -2.55. The number of amides is 1. The standard InChI is InChI=1S/C26H28Cl2N6O3S.2H2/c1-18(34-10-2-3-19-15-20(27)4-9-23(19)34)26(35)33-13-11-32(12-14-33)21-5-7-22(8-6-21)38(36,37)31-25-17-29-16-24(28)30-25;;/h4-9,15-18H,2-3,10-14H2,1H3,(H,30,31);2*1H/t18-;;/m1../s1. The van der Waals surface area contributed by atoms with Crippen LogP contribution in [0.15, 0.2) is 59.8 Å². The summed E-state index contributed by atoms with van der Waals surface area (Å²) >= 11 is 12.0. The first kappa shape index (κ1) is 26.5. The van der Waals surface area contributed by atoms with E-state index in [1.807, 2.05) is 30.0 Å². The number of aromatic nitrogens is 2. The zero-order chi connectivity index (χ0) is 26.9. The number of piperazine rings is 1. The van der Waals surface area contributed by atoms with E-state index in [0.29, 0.717) is 26.2 Å². The van der Waals surface area contributed by atoms with E-state index in [2.05, 4.69) is 24.5 Å². The fraction of sp³-hybridized carbons (Fsp3) is 0.346. The van der Waals surface area contributed by atoms with E-state index < -0.39 is 10.0 Å². The molecule has 0 saturated carbocycles. The average Bonchev–Trinajstić information content (AvgIpc) is 2.91. The highest BCUT2D eigenvalue weighted by molar-refractivity contribution is 7.92. The van der Waals surface area contributed by atoms with Crippen LogP contribution in [0.3, 0.4) is 0 Å². The first-order valence-corrected chi connectivity index (χ1v) is 14.6. The molecule has 1 N–H and O–H groups in total. The van der Waals surface area contributed by atoms with Gasteiger partial charge in [-0.25, -0.2) is 13.4 Å². The minimum absolute atomic E-state index is 0. The number of carbonyl (C=O) groups excluding carboxylic acids is 1. The SMILES string of the molecule is C[C@H](C(=O)N1CCN(c2ccc(S(=O)(=O)Nc3cncc(Cl)n3)cc2)CC1)N1CCCc2cc(Cl)ccc21.[HH].[HH]. The second-order valence-electron chi connectivity index (χ2n) is 9.38. The number of anilines is 3. The maximum absolute atomic E-state index is 13.4. The van der Waals surface area contributed by atoms with Crippen molar-refractivity contribution in [3.8, 4) is 0 Å². The maximum Gasteiger partial charge on any atom is 0.263 e. The third kappa shape index (κ3) is 5.67. The Kier molecular flexibility index (Phi) is 7.65. The highest BCUT2D eigenvalue weighted by atomic mass is 35.5. The Morgan fingerprint density at radius 2 is 1.76 bits per heavy atom. The molecule has 1 atom stereocenters. The first-order chi connectivity index (χ1) is 18.2. The fourth-order valence-electron chi connectivity index (χ4n) is 5.00. The summed E-state index contributed by atoms with van der Waals surface area (Å²) in [6.07, 6.45) is 4.58. The van der Waals surface area contributed by atoms with E-state index >= 15 is 0 Å². The van der Waals surface area contributed by atoms with Crippen molar-refractivity contribution in [3.05, 3.63) is 70.6 Å². The molecule has 2 aromatic carbocycles. The van der Waals surface area contributed by atoms with Gasteiger partial charge in [0.2, 0.25) is 5.91 Å². The zero-order valence-electron chi connectivity index (χ0n) is 20.8. The summed E-state index contributed by atoms with van der Waals surface area (Å²) < 4.78 is 27.8. The van der Waals surface area contributed by atoms with E-state index in [1.165, 1.54) is 18.0 Å². The zero-order valence-corrected chi connectivity index (χ0v) is 23.2. The summed E-state index contributed by atoms with van der Waals surface area (Å²) in [4.78, 5) is 27.5. The molecule has 204 valence electrons. The monoisotopic (exact) mass is 578 g/mol. The van der Waals surface area contributed by atoms with Crippen LogP contribution in [0, 0.1) is 0 Å². The minimum atomic E-state index is -3.84. The largest absolute Gasteiger partial charge is 0.368 e. The Labute approximate surface area is 235 Å². The van der Waals surface area contributed by atoms with E-state index in [0.717, 1.165) is 35.8 Å². The first-order valence-electron chi connectivity index (χ1n) is 12.4.